The summed E-state index contributed by atoms with van der Waals surface area (Å²) in [5, 5.41) is 0. The van der Waals surface area contributed by atoms with E-state index < -0.39 is 0 Å². The summed E-state index contributed by atoms with van der Waals surface area (Å²) in [4.78, 5) is 6.99. The topological polar surface area (TPSA) is 19.1 Å². The van der Waals surface area contributed by atoms with E-state index in [9.17, 15) is 0 Å². The summed E-state index contributed by atoms with van der Waals surface area (Å²) < 4.78 is 2.41. The van der Waals surface area contributed by atoms with Crippen molar-refractivity contribution in [2.24, 2.45) is 0 Å². The van der Waals surface area contributed by atoms with Gasteiger partial charge in [-0.25, -0.2) is 4.58 Å². The molecule has 0 bridgehead atoms. The smallest absolute Gasteiger partial charge is 0.185 e. The van der Waals surface area contributed by atoms with Crippen LogP contribution < -0.4 is 0 Å². The number of nitrogens with zero attached hydrogens (tertiary/aromatic N) is 3. The van der Waals surface area contributed by atoms with Crippen LogP contribution in [0.25, 0.3) is 0 Å². The maximum absolute atomic E-state index is 4.44. The lowest BCUT2D eigenvalue weighted by Crippen LogP contribution is -2.41. The molecule has 3 rings (SSSR count). The summed E-state index contributed by atoms with van der Waals surface area (Å²) >= 11 is 0. The van der Waals surface area contributed by atoms with Gasteiger partial charge in [0.15, 0.2) is 18.3 Å². The van der Waals surface area contributed by atoms with Gasteiger partial charge in [0, 0.05) is 44.9 Å². The molecule has 106 valence electrons. The number of allylic oxidation sites excluding steroid dienone is 1. The zero-order valence-electron chi connectivity index (χ0n) is 12.5. The van der Waals surface area contributed by atoms with E-state index in [4.69, 9.17) is 0 Å². The fourth-order valence-electron chi connectivity index (χ4n) is 3.14. The average Bonchev–Trinajstić information content (AvgIpc) is 2.96. The van der Waals surface area contributed by atoms with E-state index in [2.05, 4.69) is 52.7 Å². The van der Waals surface area contributed by atoms with E-state index in [1.165, 1.54) is 31.6 Å². The molecule has 3 heterocycles. The number of hydrogen-bond acceptors (Lipinski definition) is 2. The Hall–Kier alpha value is -1.64. The van der Waals surface area contributed by atoms with Gasteiger partial charge in [-0.2, -0.15) is 0 Å². The molecule has 2 aliphatic rings. The molecule has 0 N–H and O–H groups in total. The maximum Gasteiger partial charge on any atom is 0.185 e. The standard InChI is InChI=1S/C17H24N3/c1-17(2)13-16(19-10-5-6-11-19)8-12-20(17)14-15-7-3-4-9-18-15/h3-4,7-9,12H,5-6,10-11,13-14H2,1-2H3/q+1. The lowest BCUT2D eigenvalue weighted by atomic mass is 9.94. The zero-order valence-corrected chi connectivity index (χ0v) is 12.5. The molecule has 1 aromatic rings. The third-order valence-corrected chi connectivity index (χ3v) is 4.41. The van der Waals surface area contributed by atoms with Crippen molar-refractivity contribution in [3.05, 3.63) is 41.9 Å². The third-order valence-electron chi connectivity index (χ3n) is 4.41. The second-order valence-corrected chi connectivity index (χ2v) is 6.44. The number of aromatic nitrogens is 1. The van der Waals surface area contributed by atoms with E-state index in [0.29, 0.717) is 0 Å². The fraction of sp³-hybridized carbons (Fsp3) is 0.529. The molecule has 0 unspecified atom stereocenters. The van der Waals surface area contributed by atoms with Crippen LogP contribution in [0.2, 0.25) is 0 Å². The minimum atomic E-state index is 0.157. The molecule has 3 nitrogen and oxygen atoms in total. The largest absolute Gasteiger partial charge is 0.374 e. The number of rotatable bonds is 3. The van der Waals surface area contributed by atoms with Gasteiger partial charge < -0.3 is 4.90 Å². The molecule has 3 heteroatoms. The Morgan fingerprint density at radius 1 is 1.25 bits per heavy atom. The van der Waals surface area contributed by atoms with E-state index >= 15 is 0 Å². The molecular formula is C17H24N3+. The Labute approximate surface area is 121 Å². The van der Waals surface area contributed by atoms with Gasteiger partial charge in [0.05, 0.1) is 6.42 Å². The minimum Gasteiger partial charge on any atom is -0.374 e. The second kappa shape index (κ2) is 5.39. The molecular weight excluding hydrogens is 246 g/mol. The summed E-state index contributed by atoms with van der Waals surface area (Å²) in [5.74, 6) is 0. The normalized spacial score (nSPS) is 21.6. The van der Waals surface area contributed by atoms with Gasteiger partial charge in [-0.1, -0.05) is 6.07 Å². The van der Waals surface area contributed by atoms with Crippen molar-refractivity contribution in [3.63, 3.8) is 0 Å². The number of hydrogen-bond donors (Lipinski definition) is 0. The van der Waals surface area contributed by atoms with Gasteiger partial charge in [0.2, 0.25) is 0 Å². The molecule has 2 aliphatic heterocycles. The predicted octanol–water partition coefficient (Wildman–Crippen LogP) is 2.83. The van der Waals surface area contributed by atoms with Crippen LogP contribution in [0, 0.1) is 0 Å². The maximum atomic E-state index is 4.44. The van der Waals surface area contributed by atoms with Crippen LogP contribution in [0.1, 0.15) is 38.8 Å². The molecule has 0 spiro atoms. The van der Waals surface area contributed by atoms with Gasteiger partial charge in [0.1, 0.15) is 5.69 Å². The molecule has 1 fully saturated rings. The van der Waals surface area contributed by atoms with Gasteiger partial charge >= 0.3 is 0 Å². The molecule has 1 saturated heterocycles. The van der Waals surface area contributed by atoms with Crippen molar-refractivity contribution in [2.75, 3.05) is 13.1 Å². The summed E-state index contributed by atoms with van der Waals surface area (Å²) in [6.45, 7) is 8.01. The molecule has 0 aromatic carbocycles. The molecule has 20 heavy (non-hydrogen) atoms. The van der Waals surface area contributed by atoms with Gasteiger partial charge in [-0.15, -0.1) is 0 Å². The highest BCUT2D eigenvalue weighted by atomic mass is 15.2. The Morgan fingerprint density at radius 2 is 2.05 bits per heavy atom. The number of likely N-dealkylation sites (tertiary alicyclic amines) is 1. The van der Waals surface area contributed by atoms with Crippen molar-refractivity contribution < 1.29 is 4.58 Å². The Bertz CT molecular complexity index is 522. The first-order valence-electron chi connectivity index (χ1n) is 7.61. The fourth-order valence-corrected chi connectivity index (χ4v) is 3.14. The average molecular weight is 270 g/mol. The molecule has 1 aromatic heterocycles. The molecule has 0 aliphatic carbocycles. The zero-order chi connectivity index (χ0) is 14.0. The van der Waals surface area contributed by atoms with Crippen molar-refractivity contribution in [1.82, 2.24) is 9.88 Å². The van der Waals surface area contributed by atoms with Crippen LogP contribution in [0.15, 0.2) is 36.2 Å². The first-order valence-corrected chi connectivity index (χ1v) is 7.61. The van der Waals surface area contributed by atoms with Gasteiger partial charge in [-0.3, -0.25) is 4.98 Å². The van der Waals surface area contributed by atoms with Crippen LogP contribution in [-0.2, 0) is 6.54 Å². The minimum absolute atomic E-state index is 0.157. The van der Waals surface area contributed by atoms with Gasteiger partial charge in [0.25, 0.3) is 0 Å². The summed E-state index contributed by atoms with van der Waals surface area (Å²) in [6.07, 6.45) is 10.2. The summed E-state index contributed by atoms with van der Waals surface area (Å²) in [7, 11) is 0. The van der Waals surface area contributed by atoms with E-state index in [-0.39, 0.29) is 5.54 Å². The van der Waals surface area contributed by atoms with Crippen LogP contribution in [0.4, 0.5) is 0 Å². The Kier molecular flexibility index (Phi) is 3.60. The van der Waals surface area contributed by atoms with Crippen molar-refractivity contribution in [2.45, 2.75) is 45.2 Å². The molecule has 0 radical (unpaired) electrons. The van der Waals surface area contributed by atoms with Crippen molar-refractivity contribution >= 4 is 6.21 Å². The quantitative estimate of drug-likeness (QED) is 0.787. The molecule has 0 amide bonds. The molecule has 0 atom stereocenters. The number of pyridine rings is 1. The highest BCUT2D eigenvalue weighted by Crippen LogP contribution is 2.28. The Balaban J connectivity index is 1.79. The highest BCUT2D eigenvalue weighted by molar-refractivity contribution is 5.68. The predicted molar refractivity (Wildman–Crippen MR) is 81.9 cm³/mol. The van der Waals surface area contributed by atoms with E-state index in [1.54, 1.807) is 0 Å². The molecule has 0 saturated carbocycles. The lowest BCUT2D eigenvalue weighted by Gasteiger charge is -2.31. The SMILES string of the molecule is CC1(C)CC(N2CCCC2)=CC=[N+]1Cc1ccccn1. The first-order chi connectivity index (χ1) is 9.65. The van der Waals surface area contributed by atoms with Crippen molar-refractivity contribution in [3.8, 4) is 0 Å². The highest BCUT2D eigenvalue weighted by Gasteiger charge is 2.35. The monoisotopic (exact) mass is 270 g/mol. The van der Waals surface area contributed by atoms with E-state index in [0.717, 1.165) is 18.7 Å². The van der Waals surface area contributed by atoms with Crippen LogP contribution >= 0.6 is 0 Å². The summed E-state index contributed by atoms with van der Waals surface area (Å²) in [6, 6.07) is 6.13. The lowest BCUT2D eigenvalue weighted by molar-refractivity contribution is -0.613. The second-order valence-electron chi connectivity index (χ2n) is 6.44. The van der Waals surface area contributed by atoms with Crippen LogP contribution in [0.3, 0.4) is 0 Å². The Morgan fingerprint density at radius 3 is 2.70 bits per heavy atom. The third kappa shape index (κ3) is 2.77. The van der Waals surface area contributed by atoms with Crippen LogP contribution in [-0.4, -0.2) is 39.3 Å². The van der Waals surface area contributed by atoms with Gasteiger partial charge in [-0.05, 0) is 25.0 Å². The summed E-state index contributed by atoms with van der Waals surface area (Å²) in [5.41, 5.74) is 2.80. The van der Waals surface area contributed by atoms with Crippen LogP contribution in [0.5, 0.6) is 0 Å². The first kappa shape index (κ1) is 13.3. The van der Waals surface area contributed by atoms with E-state index in [1.807, 2.05) is 12.3 Å². The van der Waals surface area contributed by atoms with Crippen molar-refractivity contribution in [1.29, 1.82) is 0 Å².